The van der Waals surface area contributed by atoms with Crippen molar-refractivity contribution in [2.75, 3.05) is 44.4 Å². The van der Waals surface area contributed by atoms with E-state index in [1.54, 1.807) is 18.2 Å². The Morgan fingerprint density at radius 3 is 0.882 bits per heavy atom. The average molecular weight is 825 g/mol. The lowest BCUT2D eigenvalue weighted by Gasteiger charge is -2.14. The SMILES string of the molecule is COC(=O)c1cc(NC(=O)c2cc(NC(=O)c3cc(Br)cc(Br)c3)cc(C(=O)Nc3cc(C(=O)OC)cc(C(=O)OC)c3)c2)cc(C(=O)OC)c1. The maximum absolute atomic E-state index is 13.6. The van der Waals surface area contributed by atoms with Gasteiger partial charge < -0.3 is 34.9 Å². The number of hydrogen-bond donors (Lipinski definition) is 3. The van der Waals surface area contributed by atoms with Crippen molar-refractivity contribution in [3.8, 4) is 0 Å². The molecule has 0 aliphatic heterocycles. The fourth-order valence-corrected chi connectivity index (χ4v) is 5.89. The molecule has 3 N–H and O–H groups in total. The number of ether oxygens (including phenoxy) is 4. The molecule has 51 heavy (non-hydrogen) atoms. The standard InChI is InChI=1S/C35H27Br2N3O11/c1-48-32(44)20-6-21(33(45)49-2)13-27(12-20)39-29(41)17-5-18(11-26(10-17)38-31(43)19-8-24(36)16-25(37)9-19)30(42)40-28-14-22(34(46)50-3)7-23(15-28)35(47)51-4/h5-16H,1-4H3,(H,38,43)(H,39,41)(H,40,42). The van der Waals surface area contributed by atoms with Gasteiger partial charge in [0.1, 0.15) is 0 Å². The molecule has 0 aliphatic rings. The summed E-state index contributed by atoms with van der Waals surface area (Å²) in [5.41, 5.74) is -0.196. The lowest BCUT2D eigenvalue weighted by atomic mass is 10.1. The second kappa shape index (κ2) is 16.7. The smallest absolute Gasteiger partial charge is 0.337 e. The Bertz CT molecular complexity index is 1900. The van der Waals surface area contributed by atoms with E-state index in [-0.39, 0.29) is 56.0 Å². The first kappa shape index (κ1) is 37.9. The molecule has 0 spiro atoms. The van der Waals surface area contributed by atoms with Gasteiger partial charge >= 0.3 is 23.9 Å². The molecule has 4 aromatic carbocycles. The van der Waals surface area contributed by atoms with Gasteiger partial charge in [0.05, 0.1) is 50.7 Å². The maximum atomic E-state index is 13.6. The monoisotopic (exact) mass is 823 g/mol. The zero-order valence-electron chi connectivity index (χ0n) is 27.2. The van der Waals surface area contributed by atoms with Crippen LogP contribution in [0.1, 0.15) is 72.5 Å². The summed E-state index contributed by atoms with van der Waals surface area (Å²) in [5.74, 6) is -5.33. The highest BCUT2D eigenvalue weighted by atomic mass is 79.9. The Labute approximate surface area is 307 Å². The van der Waals surface area contributed by atoms with Crippen molar-refractivity contribution >= 4 is 90.5 Å². The molecule has 0 radical (unpaired) electrons. The third-order valence-corrected chi connectivity index (χ3v) is 7.82. The van der Waals surface area contributed by atoms with Crippen LogP contribution in [0, 0.1) is 0 Å². The number of benzene rings is 4. The van der Waals surface area contributed by atoms with E-state index < -0.39 is 41.6 Å². The largest absolute Gasteiger partial charge is 0.465 e. The van der Waals surface area contributed by atoms with Crippen LogP contribution in [0.2, 0.25) is 0 Å². The van der Waals surface area contributed by atoms with Gasteiger partial charge in [-0.15, -0.1) is 0 Å². The Morgan fingerprint density at radius 2 is 0.608 bits per heavy atom. The highest BCUT2D eigenvalue weighted by Gasteiger charge is 2.20. The molecule has 4 rings (SSSR count). The van der Waals surface area contributed by atoms with Gasteiger partial charge in [-0.2, -0.15) is 0 Å². The van der Waals surface area contributed by atoms with Crippen LogP contribution in [0.4, 0.5) is 17.1 Å². The molecule has 0 heterocycles. The summed E-state index contributed by atoms with van der Waals surface area (Å²) in [5, 5.41) is 7.83. The van der Waals surface area contributed by atoms with E-state index in [4.69, 9.17) is 18.9 Å². The van der Waals surface area contributed by atoms with Gasteiger partial charge in [-0.25, -0.2) is 19.2 Å². The molecule has 0 bridgehead atoms. The predicted octanol–water partition coefficient (Wildman–Crippen LogP) is 6.11. The van der Waals surface area contributed by atoms with Crippen LogP contribution < -0.4 is 16.0 Å². The molecular weight excluding hydrogens is 798 g/mol. The van der Waals surface area contributed by atoms with E-state index in [2.05, 4.69) is 47.8 Å². The van der Waals surface area contributed by atoms with E-state index in [0.717, 1.165) is 28.4 Å². The molecule has 0 saturated carbocycles. The number of methoxy groups -OCH3 is 4. The Kier molecular flexibility index (Phi) is 12.4. The lowest BCUT2D eigenvalue weighted by molar-refractivity contribution is 0.0581. The van der Waals surface area contributed by atoms with E-state index in [0.29, 0.717) is 8.95 Å². The summed E-state index contributed by atoms with van der Waals surface area (Å²) in [4.78, 5) is 89.7. The Morgan fingerprint density at radius 1 is 0.373 bits per heavy atom. The van der Waals surface area contributed by atoms with Crippen molar-refractivity contribution in [1.29, 1.82) is 0 Å². The van der Waals surface area contributed by atoms with Crippen LogP contribution in [0.5, 0.6) is 0 Å². The van der Waals surface area contributed by atoms with Crippen LogP contribution in [-0.2, 0) is 18.9 Å². The summed E-state index contributed by atoms with van der Waals surface area (Å²) < 4.78 is 20.2. The predicted molar refractivity (Wildman–Crippen MR) is 190 cm³/mol. The molecule has 14 nitrogen and oxygen atoms in total. The first-order valence-corrected chi connectivity index (χ1v) is 16.0. The minimum atomic E-state index is -0.802. The van der Waals surface area contributed by atoms with Crippen LogP contribution in [0.25, 0.3) is 0 Å². The zero-order valence-corrected chi connectivity index (χ0v) is 30.3. The Hall–Kier alpha value is -5.87. The summed E-state index contributed by atoms with van der Waals surface area (Å²) >= 11 is 6.67. The van der Waals surface area contributed by atoms with Crippen LogP contribution in [-0.4, -0.2) is 70.0 Å². The van der Waals surface area contributed by atoms with Gasteiger partial charge in [-0.05, 0) is 72.8 Å². The van der Waals surface area contributed by atoms with Crippen LogP contribution >= 0.6 is 31.9 Å². The highest BCUT2D eigenvalue weighted by Crippen LogP contribution is 2.25. The number of nitrogens with one attached hydrogen (secondary N) is 3. The van der Waals surface area contributed by atoms with Gasteiger partial charge in [0.2, 0.25) is 0 Å². The van der Waals surface area contributed by atoms with Gasteiger partial charge in [-0.3, -0.25) is 14.4 Å². The summed E-state index contributed by atoms with van der Waals surface area (Å²) in [6.45, 7) is 0. The molecule has 262 valence electrons. The van der Waals surface area contributed by atoms with Crippen LogP contribution in [0.15, 0.2) is 81.7 Å². The molecule has 0 unspecified atom stereocenters. The lowest BCUT2D eigenvalue weighted by Crippen LogP contribution is -2.19. The molecule has 3 amide bonds. The Balaban J connectivity index is 1.76. The zero-order chi connectivity index (χ0) is 37.4. The topological polar surface area (TPSA) is 192 Å². The molecular formula is C35H27Br2N3O11. The number of halogens is 2. The van der Waals surface area contributed by atoms with Crippen molar-refractivity contribution in [2.24, 2.45) is 0 Å². The first-order chi connectivity index (χ1) is 24.2. The minimum Gasteiger partial charge on any atom is -0.465 e. The van der Waals surface area contributed by atoms with E-state index in [1.165, 1.54) is 54.6 Å². The van der Waals surface area contributed by atoms with Crippen molar-refractivity contribution in [3.63, 3.8) is 0 Å². The summed E-state index contributed by atoms with van der Waals surface area (Å²) in [7, 11) is 4.58. The molecule has 0 aromatic heterocycles. The number of carbonyl (C=O) groups is 7. The number of esters is 4. The second-order valence-corrected chi connectivity index (χ2v) is 12.2. The van der Waals surface area contributed by atoms with E-state index in [1.807, 2.05) is 0 Å². The molecule has 0 fully saturated rings. The quantitative estimate of drug-likeness (QED) is 0.123. The maximum Gasteiger partial charge on any atom is 0.337 e. The molecule has 0 saturated heterocycles. The van der Waals surface area contributed by atoms with Gasteiger partial charge in [-0.1, -0.05) is 31.9 Å². The molecule has 0 atom stereocenters. The third kappa shape index (κ3) is 9.64. The second-order valence-electron chi connectivity index (χ2n) is 10.4. The van der Waals surface area contributed by atoms with Crippen molar-refractivity contribution in [2.45, 2.75) is 0 Å². The number of rotatable bonds is 10. The van der Waals surface area contributed by atoms with Gasteiger partial charge in [0.25, 0.3) is 17.7 Å². The van der Waals surface area contributed by atoms with Crippen LogP contribution in [0.3, 0.4) is 0 Å². The van der Waals surface area contributed by atoms with Crippen molar-refractivity contribution < 1.29 is 52.5 Å². The van der Waals surface area contributed by atoms with Gasteiger partial charge in [0, 0.05) is 42.7 Å². The minimum absolute atomic E-state index is 0.0118. The van der Waals surface area contributed by atoms with E-state index in [9.17, 15) is 33.6 Å². The number of hydrogen-bond acceptors (Lipinski definition) is 11. The average Bonchev–Trinajstić information content (AvgIpc) is 3.12. The summed E-state index contributed by atoms with van der Waals surface area (Å²) in [6.07, 6.45) is 0. The number of carbonyl (C=O) groups excluding carboxylic acids is 7. The van der Waals surface area contributed by atoms with E-state index >= 15 is 0 Å². The fourth-order valence-electron chi connectivity index (χ4n) is 4.60. The molecule has 4 aromatic rings. The molecule has 0 aliphatic carbocycles. The summed E-state index contributed by atoms with van der Waals surface area (Å²) in [6, 6.07) is 16.2. The molecule has 16 heteroatoms. The number of amides is 3. The fraction of sp³-hybridized carbons (Fsp3) is 0.114. The van der Waals surface area contributed by atoms with Crippen molar-refractivity contribution in [3.05, 3.63) is 121 Å². The normalized spacial score (nSPS) is 10.3. The van der Waals surface area contributed by atoms with Gasteiger partial charge in [0.15, 0.2) is 0 Å². The highest BCUT2D eigenvalue weighted by molar-refractivity contribution is 9.11. The first-order valence-electron chi connectivity index (χ1n) is 14.4. The van der Waals surface area contributed by atoms with Crippen molar-refractivity contribution in [1.82, 2.24) is 0 Å². The number of anilines is 3. The third-order valence-electron chi connectivity index (χ3n) is 6.91.